The fourth-order valence-corrected chi connectivity index (χ4v) is 2.75. The van der Waals surface area contributed by atoms with Gasteiger partial charge in [0.2, 0.25) is 0 Å². The van der Waals surface area contributed by atoms with Gasteiger partial charge in [0.1, 0.15) is 0 Å². The Bertz CT molecular complexity index is 784. The first-order chi connectivity index (χ1) is 11.4. The normalized spacial score (nSPS) is 9.27. The molecule has 0 aliphatic carbocycles. The molecule has 0 spiro atoms. The second-order valence-electron chi connectivity index (χ2n) is 5.83. The van der Waals surface area contributed by atoms with Crippen molar-refractivity contribution in [3.8, 4) is 5.69 Å². The van der Waals surface area contributed by atoms with Crippen LogP contribution in [-0.2, 0) is 32.3 Å². The molecular formula is C22H23Cl2HfN. The number of aromatic nitrogens is 1. The Morgan fingerprint density at radius 3 is 2.19 bits per heavy atom. The maximum absolute atomic E-state index is 2.23. The Balaban J connectivity index is 0.000000466. The first kappa shape index (κ1) is 24.9. The Labute approximate surface area is 187 Å². The summed E-state index contributed by atoms with van der Waals surface area (Å²) in [5, 5.41) is 2.60. The molecule has 4 aromatic rings. The SMILES string of the molecule is CCCC[c-]1cccc1.[Cl-].[Cl-].[Hf+4].c1ccc2[cH-]c(-n3cccc3)cc2c1. The van der Waals surface area contributed by atoms with Crippen LogP contribution in [0.1, 0.15) is 25.3 Å². The minimum atomic E-state index is 0. The molecular weight excluding hydrogens is 528 g/mol. The van der Waals surface area contributed by atoms with Crippen molar-refractivity contribution in [2.45, 2.75) is 26.2 Å². The second-order valence-corrected chi connectivity index (χ2v) is 5.83. The van der Waals surface area contributed by atoms with Gasteiger partial charge in [0.15, 0.2) is 0 Å². The van der Waals surface area contributed by atoms with Gasteiger partial charge in [0, 0.05) is 12.4 Å². The van der Waals surface area contributed by atoms with Crippen LogP contribution in [0.5, 0.6) is 0 Å². The molecule has 4 heteroatoms. The molecule has 1 nitrogen and oxygen atoms in total. The molecule has 0 radical (unpaired) electrons. The van der Waals surface area contributed by atoms with Crippen LogP contribution in [0.4, 0.5) is 0 Å². The third-order valence-corrected chi connectivity index (χ3v) is 4.06. The summed E-state index contributed by atoms with van der Waals surface area (Å²) in [7, 11) is 0. The maximum Gasteiger partial charge on any atom is 4.00 e. The third-order valence-electron chi connectivity index (χ3n) is 4.06. The van der Waals surface area contributed by atoms with Crippen LogP contribution in [-0.4, -0.2) is 4.57 Å². The van der Waals surface area contributed by atoms with E-state index in [-0.39, 0.29) is 50.7 Å². The molecule has 0 aliphatic rings. The van der Waals surface area contributed by atoms with Crippen LogP contribution in [0.3, 0.4) is 0 Å². The molecule has 3 aromatic carbocycles. The zero-order valence-electron chi connectivity index (χ0n) is 14.9. The van der Waals surface area contributed by atoms with Crippen molar-refractivity contribution in [2.24, 2.45) is 0 Å². The first-order valence-electron chi connectivity index (χ1n) is 8.36. The zero-order chi connectivity index (χ0) is 15.9. The van der Waals surface area contributed by atoms with Crippen molar-refractivity contribution in [3.05, 3.63) is 90.8 Å². The summed E-state index contributed by atoms with van der Waals surface area (Å²) in [6, 6.07) is 25.5. The summed E-state index contributed by atoms with van der Waals surface area (Å²) in [6.07, 6.45) is 8.00. The molecule has 1 aromatic heterocycles. The number of benzene rings is 1. The Hall–Kier alpha value is -1.09. The third kappa shape index (κ3) is 6.90. The summed E-state index contributed by atoms with van der Waals surface area (Å²) in [5.41, 5.74) is 2.72. The van der Waals surface area contributed by atoms with Crippen molar-refractivity contribution in [3.63, 3.8) is 0 Å². The molecule has 0 unspecified atom stereocenters. The van der Waals surface area contributed by atoms with E-state index in [0.717, 1.165) is 0 Å². The van der Waals surface area contributed by atoms with Crippen LogP contribution in [0, 0.1) is 0 Å². The molecule has 0 saturated heterocycles. The largest absolute Gasteiger partial charge is 4.00 e. The van der Waals surface area contributed by atoms with Crippen LogP contribution < -0.4 is 24.8 Å². The van der Waals surface area contributed by atoms with E-state index in [1.165, 1.54) is 41.3 Å². The van der Waals surface area contributed by atoms with Crippen LogP contribution in [0.15, 0.2) is 85.2 Å². The van der Waals surface area contributed by atoms with Crippen molar-refractivity contribution >= 4 is 10.8 Å². The number of hydrogen-bond acceptors (Lipinski definition) is 0. The predicted octanol–water partition coefficient (Wildman–Crippen LogP) is 0.103. The summed E-state index contributed by atoms with van der Waals surface area (Å²) >= 11 is 0. The van der Waals surface area contributed by atoms with Crippen molar-refractivity contribution < 1.29 is 50.7 Å². The average Bonchev–Trinajstić information content (AvgIpc) is 3.34. The van der Waals surface area contributed by atoms with Crippen molar-refractivity contribution in [2.75, 3.05) is 0 Å². The Morgan fingerprint density at radius 1 is 0.923 bits per heavy atom. The monoisotopic (exact) mass is 551 g/mol. The molecule has 0 aliphatic heterocycles. The topological polar surface area (TPSA) is 4.93 Å². The van der Waals surface area contributed by atoms with E-state index in [1.807, 2.05) is 12.1 Å². The summed E-state index contributed by atoms with van der Waals surface area (Å²) < 4.78 is 2.12. The van der Waals surface area contributed by atoms with Gasteiger partial charge >= 0.3 is 25.8 Å². The van der Waals surface area contributed by atoms with E-state index in [2.05, 4.69) is 84.5 Å². The number of nitrogens with zero attached hydrogens (tertiary/aromatic N) is 1. The number of rotatable bonds is 4. The van der Waals surface area contributed by atoms with E-state index in [0.29, 0.717) is 0 Å². The van der Waals surface area contributed by atoms with Gasteiger partial charge in [-0.2, -0.15) is 17.7 Å². The minimum absolute atomic E-state index is 0. The Morgan fingerprint density at radius 2 is 1.58 bits per heavy atom. The molecule has 134 valence electrons. The number of unbranched alkanes of at least 4 members (excludes halogenated alkanes) is 1. The molecule has 0 saturated carbocycles. The quantitative estimate of drug-likeness (QED) is 0.251. The number of hydrogen-bond donors (Lipinski definition) is 0. The molecule has 1 heterocycles. The number of halogens is 2. The Kier molecular flexibility index (Phi) is 12.6. The van der Waals surface area contributed by atoms with Gasteiger partial charge in [-0.1, -0.05) is 32.3 Å². The van der Waals surface area contributed by atoms with E-state index in [4.69, 9.17) is 0 Å². The van der Waals surface area contributed by atoms with Gasteiger partial charge < -0.3 is 29.4 Å². The van der Waals surface area contributed by atoms with E-state index < -0.39 is 0 Å². The fourth-order valence-electron chi connectivity index (χ4n) is 2.75. The van der Waals surface area contributed by atoms with E-state index in [9.17, 15) is 0 Å². The van der Waals surface area contributed by atoms with Crippen molar-refractivity contribution in [1.82, 2.24) is 4.57 Å². The zero-order valence-corrected chi connectivity index (χ0v) is 20.0. The molecule has 0 amide bonds. The van der Waals surface area contributed by atoms with Crippen LogP contribution >= 0.6 is 0 Å². The molecule has 4 rings (SSSR count). The summed E-state index contributed by atoms with van der Waals surface area (Å²) in [4.78, 5) is 0. The van der Waals surface area contributed by atoms with Crippen molar-refractivity contribution in [1.29, 1.82) is 0 Å². The second kappa shape index (κ2) is 13.1. The molecule has 0 fully saturated rings. The van der Waals surface area contributed by atoms with E-state index >= 15 is 0 Å². The fraction of sp³-hybridized carbons (Fsp3) is 0.182. The minimum Gasteiger partial charge on any atom is -1.00 e. The van der Waals surface area contributed by atoms with Gasteiger partial charge in [0.25, 0.3) is 0 Å². The van der Waals surface area contributed by atoms with E-state index in [1.54, 1.807) is 0 Å². The van der Waals surface area contributed by atoms with Crippen LogP contribution in [0.25, 0.3) is 16.5 Å². The summed E-state index contributed by atoms with van der Waals surface area (Å²) in [6.45, 7) is 2.23. The molecule has 0 N–H and O–H groups in total. The van der Waals surface area contributed by atoms with Crippen LogP contribution in [0.2, 0.25) is 0 Å². The van der Waals surface area contributed by atoms with Gasteiger partial charge in [0.05, 0.1) is 0 Å². The first-order valence-corrected chi connectivity index (χ1v) is 8.36. The molecule has 0 bridgehead atoms. The predicted molar refractivity (Wildman–Crippen MR) is 99.5 cm³/mol. The maximum atomic E-state index is 2.23. The molecule has 26 heavy (non-hydrogen) atoms. The number of fused-ring (bicyclic) bond motifs is 1. The van der Waals surface area contributed by atoms with Gasteiger partial charge in [-0.05, 0) is 17.8 Å². The standard InChI is InChI=1S/C13H10N.C9H13.2ClH.Hf/c1-2-6-12-10-13(9-11(12)5-1)14-7-3-4-8-14;1-2-3-6-9-7-4-5-8-9;;;/h1-10H;4-5,7-8H,2-3,6H2,1H3;2*1H;/q2*-1;;;+4/p-2. The summed E-state index contributed by atoms with van der Waals surface area (Å²) in [5.74, 6) is 0. The van der Waals surface area contributed by atoms with Gasteiger partial charge in [-0.25, -0.2) is 12.1 Å². The van der Waals surface area contributed by atoms with Gasteiger partial charge in [-0.15, -0.1) is 41.1 Å². The average molecular weight is 551 g/mol. The van der Waals surface area contributed by atoms with Gasteiger partial charge in [-0.3, -0.25) is 0 Å². The number of aryl methyl sites for hydroxylation is 1. The molecule has 0 atom stereocenters. The smallest absolute Gasteiger partial charge is 1.00 e.